The molecule has 1 amide bonds. The summed E-state index contributed by atoms with van der Waals surface area (Å²) < 4.78 is 48.6. The zero-order valence-electron chi connectivity index (χ0n) is 21.6. The smallest absolute Gasteiger partial charge is 0.363 e. The lowest BCUT2D eigenvalue weighted by atomic mass is 9.91. The topological polar surface area (TPSA) is 83.0 Å². The van der Waals surface area contributed by atoms with Gasteiger partial charge in [0.15, 0.2) is 5.82 Å². The van der Waals surface area contributed by atoms with Crippen LogP contribution in [0.5, 0.6) is 0 Å². The first-order chi connectivity index (χ1) is 17.9. The van der Waals surface area contributed by atoms with E-state index in [0.29, 0.717) is 22.3 Å². The van der Waals surface area contributed by atoms with E-state index < -0.39 is 25.7 Å². The molecular weight excluding hydrogens is 509 g/mol. The lowest BCUT2D eigenvalue weighted by Gasteiger charge is -2.25. The van der Waals surface area contributed by atoms with E-state index in [2.05, 4.69) is 29.7 Å². The van der Waals surface area contributed by atoms with Gasteiger partial charge in [-0.05, 0) is 41.3 Å². The van der Waals surface area contributed by atoms with Crippen molar-refractivity contribution in [2.45, 2.75) is 45.2 Å². The van der Waals surface area contributed by atoms with E-state index in [1.54, 1.807) is 48.5 Å². The summed E-state index contributed by atoms with van der Waals surface area (Å²) in [4.78, 5) is 16.4. The molecule has 1 heterocycles. The van der Waals surface area contributed by atoms with Gasteiger partial charge in [-0.1, -0.05) is 80.3 Å². The van der Waals surface area contributed by atoms with Crippen LogP contribution in [0.4, 0.5) is 13.2 Å². The van der Waals surface area contributed by atoms with Gasteiger partial charge < -0.3 is 10.5 Å². The fourth-order valence-electron chi connectivity index (χ4n) is 3.93. The fraction of sp³-hybridized carbons (Fsp3) is 0.250. The molecule has 198 valence electrons. The second kappa shape index (κ2) is 10.5. The third kappa shape index (κ3) is 5.86. The van der Waals surface area contributed by atoms with Crippen molar-refractivity contribution in [3.05, 3.63) is 84.2 Å². The van der Waals surface area contributed by atoms with Gasteiger partial charge in [0.25, 0.3) is 5.91 Å². The van der Waals surface area contributed by atoms with Crippen LogP contribution in [-0.4, -0.2) is 34.5 Å². The molecule has 38 heavy (non-hydrogen) atoms. The van der Waals surface area contributed by atoms with E-state index in [1.165, 1.54) is 16.8 Å². The molecule has 2 N–H and O–H groups in total. The van der Waals surface area contributed by atoms with E-state index in [9.17, 15) is 18.0 Å². The maximum atomic E-state index is 13.8. The Labute approximate surface area is 220 Å². The highest BCUT2D eigenvalue weighted by molar-refractivity contribution is 6.77. The Morgan fingerprint density at radius 3 is 2.18 bits per heavy atom. The molecule has 1 atom stereocenters. The van der Waals surface area contributed by atoms with Crippen molar-refractivity contribution >= 4 is 14.0 Å². The van der Waals surface area contributed by atoms with Crippen LogP contribution in [0, 0.1) is 0 Å². The van der Waals surface area contributed by atoms with Gasteiger partial charge in [-0.15, -0.1) is 5.10 Å². The number of nitrogens with zero attached hydrogens (tertiary/aromatic N) is 3. The van der Waals surface area contributed by atoms with Crippen molar-refractivity contribution in [2.75, 3.05) is 0 Å². The molecule has 0 aliphatic carbocycles. The maximum absolute atomic E-state index is 13.8. The average Bonchev–Trinajstić information content (AvgIpc) is 3.31. The third-order valence-corrected chi connectivity index (χ3v) is 9.05. The first-order valence-electron chi connectivity index (χ1n) is 12.1. The first kappa shape index (κ1) is 27.3. The molecule has 4 rings (SSSR count). The number of ether oxygens (including phenoxy) is 1. The normalized spacial score (nSPS) is 12.9. The van der Waals surface area contributed by atoms with Crippen LogP contribution in [0.3, 0.4) is 0 Å². The molecule has 0 bridgehead atoms. The summed E-state index contributed by atoms with van der Waals surface area (Å²) in [5, 5.41) is 4.46. The van der Waals surface area contributed by atoms with E-state index in [4.69, 9.17) is 10.5 Å². The van der Waals surface area contributed by atoms with Crippen LogP contribution in [0.2, 0.25) is 19.6 Å². The molecular formula is C28H29F3N4O2Si. The molecule has 0 radical (unpaired) electrons. The molecule has 4 aromatic rings. The van der Waals surface area contributed by atoms with Crippen LogP contribution < -0.4 is 5.73 Å². The SMILES string of the molecule is CC(OCn1nc(-c2cccc(-c3ccccc3-c3ccccc3C(F)(F)F)c2)nc1C(N)=O)[Si](C)(C)C. The average molecular weight is 539 g/mol. The van der Waals surface area contributed by atoms with Crippen LogP contribution >= 0.6 is 0 Å². The number of nitrogens with two attached hydrogens (primary N) is 1. The summed E-state index contributed by atoms with van der Waals surface area (Å²) in [6.45, 7) is 8.54. The number of benzene rings is 3. The van der Waals surface area contributed by atoms with Crippen molar-refractivity contribution in [1.82, 2.24) is 14.8 Å². The number of hydrogen-bond donors (Lipinski definition) is 1. The Bertz CT molecular complexity index is 1460. The van der Waals surface area contributed by atoms with Gasteiger partial charge in [0, 0.05) is 11.3 Å². The van der Waals surface area contributed by atoms with Crippen molar-refractivity contribution in [2.24, 2.45) is 5.73 Å². The van der Waals surface area contributed by atoms with Crippen LogP contribution in [0.1, 0.15) is 23.1 Å². The standard InChI is InChI=1S/C28H29F3N4O2Si/c1-18(38(2,3)4)37-17-35-27(25(32)36)33-26(34-35)20-11-9-10-19(16-20)21-12-5-6-13-22(21)23-14-7-8-15-24(23)28(29,30)31/h5-16,18H,17H2,1-4H3,(H2,32,36). The monoisotopic (exact) mass is 538 g/mol. The Morgan fingerprint density at radius 2 is 1.55 bits per heavy atom. The number of hydrogen-bond acceptors (Lipinski definition) is 4. The van der Waals surface area contributed by atoms with Crippen molar-refractivity contribution < 1.29 is 22.7 Å². The quantitative estimate of drug-likeness (QED) is 0.255. The van der Waals surface area contributed by atoms with Crippen molar-refractivity contribution in [3.8, 4) is 33.6 Å². The zero-order chi connectivity index (χ0) is 27.7. The second-order valence-electron chi connectivity index (χ2n) is 10.1. The number of alkyl halides is 3. The van der Waals surface area contributed by atoms with Gasteiger partial charge in [0.2, 0.25) is 5.82 Å². The summed E-state index contributed by atoms with van der Waals surface area (Å²) in [5.41, 5.74) is 7.27. The van der Waals surface area contributed by atoms with E-state index >= 15 is 0 Å². The Kier molecular flexibility index (Phi) is 7.57. The summed E-state index contributed by atoms with van der Waals surface area (Å²) in [7, 11) is -1.58. The number of halogens is 3. The summed E-state index contributed by atoms with van der Waals surface area (Å²) in [6, 6.07) is 19.6. The summed E-state index contributed by atoms with van der Waals surface area (Å²) in [5.74, 6) is -0.510. The van der Waals surface area contributed by atoms with E-state index in [-0.39, 0.29) is 29.7 Å². The minimum Gasteiger partial charge on any atom is -0.363 e. The van der Waals surface area contributed by atoms with E-state index in [0.717, 1.165) is 6.07 Å². The Balaban J connectivity index is 1.74. The highest BCUT2D eigenvalue weighted by Crippen LogP contribution is 2.41. The van der Waals surface area contributed by atoms with Gasteiger partial charge in [-0.25, -0.2) is 9.67 Å². The molecule has 1 aromatic heterocycles. The van der Waals surface area contributed by atoms with Gasteiger partial charge in [0.05, 0.1) is 13.6 Å². The van der Waals surface area contributed by atoms with E-state index in [1.807, 2.05) is 13.0 Å². The highest BCUT2D eigenvalue weighted by atomic mass is 28.3. The number of primary amides is 1. The Morgan fingerprint density at radius 1 is 0.947 bits per heavy atom. The molecule has 0 spiro atoms. The fourth-order valence-corrected chi connectivity index (χ4v) is 4.50. The number of aromatic nitrogens is 3. The number of carbonyl (C=O) groups is 1. The lowest BCUT2D eigenvalue weighted by molar-refractivity contribution is -0.137. The summed E-state index contributed by atoms with van der Waals surface area (Å²) in [6.07, 6.45) is -4.50. The van der Waals surface area contributed by atoms with Crippen LogP contribution in [-0.2, 0) is 17.6 Å². The Hall–Kier alpha value is -3.76. The number of amides is 1. The number of rotatable bonds is 8. The summed E-state index contributed by atoms with van der Waals surface area (Å²) >= 11 is 0. The zero-order valence-corrected chi connectivity index (χ0v) is 22.6. The molecule has 1 unspecified atom stereocenters. The minimum absolute atomic E-state index is 0.00952. The van der Waals surface area contributed by atoms with Gasteiger partial charge in [-0.3, -0.25) is 4.79 Å². The first-order valence-corrected chi connectivity index (χ1v) is 15.7. The second-order valence-corrected chi connectivity index (χ2v) is 15.6. The minimum atomic E-state index is -4.50. The van der Waals surface area contributed by atoms with Gasteiger partial charge in [-0.2, -0.15) is 13.2 Å². The molecule has 0 saturated heterocycles. The molecule has 0 aliphatic heterocycles. The lowest BCUT2D eigenvalue weighted by Crippen LogP contribution is -2.38. The number of carbonyl (C=O) groups excluding carboxylic acids is 1. The molecule has 6 nitrogen and oxygen atoms in total. The molecule has 10 heteroatoms. The highest BCUT2D eigenvalue weighted by Gasteiger charge is 2.33. The predicted molar refractivity (Wildman–Crippen MR) is 144 cm³/mol. The van der Waals surface area contributed by atoms with Gasteiger partial charge >= 0.3 is 6.18 Å². The molecule has 0 saturated carbocycles. The maximum Gasteiger partial charge on any atom is 0.417 e. The van der Waals surface area contributed by atoms with Crippen molar-refractivity contribution in [1.29, 1.82) is 0 Å². The van der Waals surface area contributed by atoms with Crippen LogP contribution in [0.15, 0.2) is 72.8 Å². The van der Waals surface area contributed by atoms with Crippen LogP contribution in [0.25, 0.3) is 33.6 Å². The molecule has 3 aromatic carbocycles. The largest absolute Gasteiger partial charge is 0.417 e. The molecule has 0 aliphatic rings. The van der Waals surface area contributed by atoms with Gasteiger partial charge in [0.1, 0.15) is 6.73 Å². The van der Waals surface area contributed by atoms with Crippen molar-refractivity contribution in [3.63, 3.8) is 0 Å². The molecule has 0 fully saturated rings. The third-order valence-electron chi connectivity index (χ3n) is 6.44. The predicted octanol–water partition coefficient (Wildman–Crippen LogP) is 6.64.